The van der Waals surface area contributed by atoms with Gasteiger partial charge in [0.25, 0.3) is 0 Å². The fourth-order valence-corrected chi connectivity index (χ4v) is 1.27. The second-order valence-electron chi connectivity index (χ2n) is 3.46. The van der Waals surface area contributed by atoms with Crippen molar-refractivity contribution in [3.63, 3.8) is 0 Å². The van der Waals surface area contributed by atoms with E-state index in [9.17, 15) is 0 Å². The summed E-state index contributed by atoms with van der Waals surface area (Å²) >= 11 is 0. The molecule has 0 heterocycles. The first-order chi connectivity index (χ1) is 7.65. The molecule has 0 amide bonds. The Morgan fingerprint density at radius 1 is 1.25 bits per heavy atom. The first kappa shape index (κ1) is 13.2. The zero-order valence-electron chi connectivity index (χ0n) is 9.59. The Morgan fingerprint density at radius 2 is 1.88 bits per heavy atom. The second kappa shape index (κ2) is 6.65. The number of benzene rings is 1. The van der Waals surface area contributed by atoms with E-state index in [-0.39, 0.29) is 12.9 Å². The maximum atomic E-state index is 8.93. The van der Waals surface area contributed by atoms with Gasteiger partial charge < -0.3 is 19.5 Å². The zero-order valence-corrected chi connectivity index (χ0v) is 9.59. The molecule has 88 valence electrons. The third-order valence-corrected chi connectivity index (χ3v) is 2.31. The maximum absolute atomic E-state index is 8.93. The van der Waals surface area contributed by atoms with E-state index in [0.29, 0.717) is 12.1 Å². The minimum atomic E-state index is -1.42. The molecule has 1 rings (SSSR count). The van der Waals surface area contributed by atoms with Crippen molar-refractivity contribution in [2.45, 2.75) is 20.0 Å². The van der Waals surface area contributed by atoms with Gasteiger partial charge in [0.05, 0.1) is 6.10 Å². The first-order valence-electron chi connectivity index (χ1n) is 5.30. The summed E-state index contributed by atoms with van der Waals surface area (Å²) in [7, 11) is -1.42. The van der Waals surface area contributed by atoms with E-state index < -0.39 is 7.12 Å². The summed E-state index contributed by atoms with van der Waals surface area (Å²) in [6, 6.07) is 6.96. The van der Waals surface area contributed by atoms with Crippen LogP contribution in [0.2, 0.25) is 0 Å². The van der Waals surface area contributed by atoms with Crippen molar-refractivity contribution in [3.8, 4) is 0 Å². The van der Waals surface area contributed by atoms with E-state index in [2.05, 4.69) is 0 Å². The van der Waals surface area contributed by atoms with E-state index in [1.165, 1.54) is 0 Å². The fraction of sp³-hybridized carbons (Fsp3) is 0.455. The van der Waals surface area contributed by atoms with Crippen LogP contribution in [0.1, 0.15) is 25.5 Å². The van der Waals surface area contributed by atoms with Crippen LogP contribution in [0.4, 0.5) is 0 Å². The fourth-order valence-electron chi connectivity index (χ4n) is 1.27. The van der Waals surface area contributed by atoms with Crippen LogP contribution in [-0.2, 0) is 9.47 Å². The first-order valence-corrected chi connectivity index (χ1v) is 5.30. The quantitative estimate of drug-likeness (QED) is 0.418. The topological polar surface area (TPSA) is 58.9 Å². The Labute approximate surface area is 96.0 Å². The lowest BCUT2D eigenvalue weighted by molar-refractivity contribution is -0.0818. The van der Waals surface area contributed by atoms with Gasteiger partial charge in [0.2, 0.25) is 0 Å². The standard InChI is InChI=1S/C11H17BO4/c1-3-15-8-16-9(2)10-4-6-11(7-5-10)12(13)14/h4-7,9,13-14H,3,8H2,1-2H3. The van der Waals surface area contributed by atoms with Crippen LogP contribution in [0.15, 0.2) is 24.3 Å². The predicted octanol–water partition coefficient (Wildman–Crippen LogP) is 0.438. The Kier molecular flexibility index (Phi) is 5.48. The Balaban J connectivity index is 2.52. The summed E-state index contributed by atoms with van der Waals surface area (Å²) in [5.41, 5.74) is 1.45. The monoisotopic (exact) mass is 224 g/mol. The molecule has 4 nitrogen and oxygen atoms in total. The highest BCUT2D eigenvalue weighted by atomic mass is 16.7. The van der Waals surface area contributed by atoms with Gasteiger partial charge in [0, 0.05) is 6.61 Å². The lowest BCUT2D eigenvalue weighted by atomic mass is 9.80. The lowest BCUT2D eigenvalue weighted by Gasteiger charge is -2.13. The summed E-state index contributed by atoms with van der Waals surface area (Å²) in [5, 5.41) is 17.9. The summed E-state index contributed by atoms with van der Waals surface area (Å²) in [6.45, 7) is 4.72. The highest BCUT2D eigenvalue weighted by molar-refractivity contribution is 6.58. The van der Waals surface area contributed by atoms with Crippen molar-refractivity contribution in [2.24, 2.45) is 0 Å². The summed E-state index contributed by atoms with van der Waals surface area (Å²) in [6.07, 6.45) is -0.0727. The molecule has 0 aliphatic carbocycles. The Morgan fingerprint density at radius 3 is 2.38 bits per heavy atom. The van der Waals surface area contributed by atoms with Gasteiger partial charge in [-0.05, 0) is 24.9 Å². The lowest BCUT2D eigenvalue weighted by Crippen LogP contribution is -2.29. The molecule has 1 aromatic carbocycles. The van der Waals surface area contributed by atoms with Gasteiger partial charge in [0.15, 0.2) is 0 Å². The predicted molar refractivity (Wildman–Crippen MR) is 62.3 cm³/mol. The molecule has 0 aliphatic heterocycles. The molecule has 2 N–H and O–H groups in total. The van der Waals surface area contributed by atoms with Crippen molar-refractivity contribution in [1.82, 2.24) is 0 Å². The molecule has 1 aromatic rings. The van der Waals surface area contributed by atoms with Gasteiger partial charge in [-0.3, -0.25) is 0 Å². The van der Waals surface area contributed by atoms with E-state index in [4.69, 9.17) is 19.5 Å². The van der Waals surface area contributed by atoms with Crippen LogP contribution < -0.4 is 5.46 Å². The summed E-state index contributed by atoms with van der Waals surface area (Å²) < 4.78 is 10.5. The molecule has 0 spiro atoms. The number of hydrogen-bond donors (Lipinski definition) is 2. The molecule has 0 saturated heterocycles. The van der Waals surface area contributed by atoms with Gasteiger partial charge in [-0.15, -0.1) is 0 Å². The molecule has 0 aliphatic rings. The third kappa shape index (κ3) is 3.94. The Hall–Kier alpha value is -0.875. The van der Waals surface area contributed by atoms with Crippen molar-refractivity contribution >= 4 is 12.6 Å². The second-order valence-corrected chi connectivity index (χ2v) is 3.46. The molecule has 0 radical (unpaired) electrons. The summed E-state index contributed by atoms with van der Waals surface area (Å²) in [4.78, 5) is 0. The molecule has 1 atom stereocenters. The molecular formula is C11H17BO4. The minimum Gasteiger partial charge on any atom is -0.423 e. The number of ether oxygens (including phenoxy) is 2. The molecule has 0 bridgehead atoms. The van der Waals surface area contributed by atoms with Crippen molar-refractivity contribution in [1.29, 1.82) is 0 Å². The van der Waals surface area contributed by atoms with Crippen molar-refractivity contribution in [2.75, 3.05) is 13.4 Å². The number of hydrogen-bond acceptors (Lipinski definition) is 4. The van der Waals surface area contributed by atoms with Crippen LogP contribution in [0.3, 0.4) is 0 Å². The van der Waals surface area contributed by atoms with Gasteiger partial charge in [-0.1, -0.05) is 24.3 Å². The molecule has 16 heavy (non-hydrogen) atoms. The number of rotatable bonds is 6. The zero-order chi connectivity index (χ0) is 12.0. The van der Waals surface area contributed by atoms with Gasteiger partial charge in [-0.25, -0.2) is 0 Å². The largest absolute Gasteiger partial charge is 0.488 e. The van der Waals surface area contributed by atoms with Crippen molar-refractivity contribution in [3.05, 3.63) is 29.8 Å². The van der Waals surface area contributed by atoms with E-state index in [0.717, 1.165) is 5.56 Å². The minimum absolute atomic E-state index is 0.0727. The maximum Gasteiger partial charge on any atom is 0.488 e. The molecule has 0 fully saturated rings. The third-order valence-electron chi connectivity index (χ3n) is 2.31. The van der Waals surface area contributed by atoms with E-state index in [1.54, 1.807) is 12.1 Å². The van der Waals surface area contributed by atoms with E-state index in [1.807, 2.05) is 26.0 Å². The van der Waals surface area contributed by atoms with Crippen LogP contribution >= 0.6 is 0 Å². The summed E-state index contributed by atoms with van der Waals surface area (Å²) in [5.74, 6) is 0. The smallest absolute Gasteiger partial charge is 0.423 e. The van der Waals surface area contributed by atoms with Crippen LogP contribution in [-0.4, -0.2) is 30.6 Å². The van der Waals surface area contributed by atoms with Crippen LogP contribution in [0, 0.1) is 0 Å². The normalized spacial score (nSPS) is 12.5. The molecular weight excluding hydrogens is 207 g/mol. The van der Waals surface area contributed by atoms with Gasteiger partial charge in [0.1, 0.15) is 6.79 Å². The van der Waals surface area contributed by atoms with E-state index >= 15 is 0 Å². The highest BCUT2D eigenvalue weighted by Gasteiger charge is 2.11. The SMILES string of the molecule is CCOCOC(C)c1ccc(B(O)O)cc1. The average molecular weight is 224 g/mol. The molecule has 5 heteroatoms. The molecule has 0 aromatic heterocycles. The highest BCUT2D eigenvalue weighted by Crippen LogP contribution is 2.15. The van der Waals surface area contributed by atoms with Crippen molar-refractivity contribution < 1.29 is 19.5 Å². The molecule has 1 unspecified atom stereocenters. The average Bonchev–Trinajstić information content (AvgIpc) is 2.29. The van der Waals surface area contributed by atoms with Crippen LogP contribution in [0.5, 0.6) is 0 Å². The molecule has 0 saturated carbocycles. The Bertz CT molecular complexity index is 299. The van der Waals surface area contributed by atoms with Gasteiger partial charge >= 0.3 is 7.12 Å². The van der Waals surface area contributed by atoms with Crippen LogP contribution in [0.25, 0.3) is 0 Å². The van der Waals surface area contributed by atoms with Gasteiger partial charge in [-0.2, -0.15) is 0 Å².